The highest BCUT2D eigenvalue weighted by Crippen LogP contribution is 2.28. The van der Waals surface area contributed by atoms with Crippen molar-refractivity contribution in [2.45, 2.75) is 6.61 Å². The molecule has 0 fully saturated rings. The quantitative estimate of drug-likeness (QED) is 0.325. The Bertz CT molecular complexity index is 926. The largest absolute Gasteiger partial charge is 0.489 e. The molecule has 26 heavy (non-hydrogen) atoms. The van der Waals surface area contributed by atoms with E-state index < -0.39 is 4.92 Å². The molecule has 0 N–H and O–H groups in total. The average Bonchev–Trinajstić information content (AvgIpc) is 2.67. The van der Waals surface area contributed by atoms with Gasteiger partial charge in [0.15, 0.2) is 0 Å². The number of nitro groups is 1. The van der Waals surface area contributed by atoms with E-state index in [4.69, 9.17) is 16.3 Å². The second-order valence-electron chi connectivity index (χ2n) is 5.49. The van der Waals surface area contributed by atoms with E-state index >= 15 is 0 Å². The zero-order chi connectivity index (χ0) is 18.4. The van der Waals surface area contributed by atoms with Crippen molar-refractivity contribution in [3.8, 4) is 5.75 Å². The van der Waals surface area contributed by atoms with Gasteiger partial charge in [-0.05, 0) is 47.5 Å². The van der Waals surface area contributed by atoms with Crippen LogP contribution in [-0.2, 0) is 6.61 Å². The fraction of sp³-hybridized carbons (Fsp3) is 0.0500. The van der Waals surface area contributed by atoms with E-state index in [1.807, 2.05) is 54.6 Å². The number of nitrogens with zero attached hydrogens (tertiary/aromatic N) is 2. The lowest BCUT2D eigenvalue weighted by atomic mass is 10.2. The molecule has 130 valence electrons. The molecule has 6 heteroatoms. The van der Waals surface area contributed by atoms with Gasteiger partial charge in [0.05, 0.1) is 10.6 Å². The molecule has 3 aromatic carbocycles. The number of aliphatic imine (C=N–C) groups is 1. The predicted molar refractivity (Wildman–Crippen MR) is 103 cm³/mol. The molecule has 0 aromatic heterocycles. The molecule has 3 rings (SSSR count). The van der Waals surface area contributed by atoms with Crippen molar-refractivity contribution in [3.05, 3.63) is 99.1 Å². The van der Waals surface area contributed by atoms with Crippen molar-refractivity contribution in [3.63, 3.8) is 0 Å². The van der Waals surface area contributed by atoms with Crippen LogP contribution in [0.5, 0.6) is 5.75 Å². The van der Waals surface area contributed by atoms with E-state index in [9.17, 15) is 10.1 Å². The van der Waals surface area contributed by atoms with Crippen LogP contribution in [0.15, 0.2) is 77.8 Å². The molecule has 0 aliphatic rings. The first-order valence-electron chi connectivity index (χ1n) is 7.86. The maximum atomic E-state index is 10.9. The monoisotopic (exact) mass is 366 g/mol. The first kappa shape index (κ1) is 17.6. The molecule has 3 aromatic rings. The fourth-order valence-electron chi connectivity index (χ4n) is 2.26. The summed E-state index contributed by atoms with van der Waals surface area (Å²) in [5.74, 6) is 0.758. The van der Waals surface area contributed by atoms with E-state index in [-0.39, 0.29) is 10.7 Å². The Labute approximate surface area is 155 Å². The summed E-state index contributed by atoms with van der Waals surface area (Å²) < 4.78 is 5.73. The van der Waals surface area contributed by atoms with Crippen LogP contribution in [-0.4, -0.2) is 11.1 Å². The van der Waals surface area contributed by atoms with Crippen LogP contribution in [0.25, 0.3) is 0 Å². The van der Waals surface area contributed by atoms with E-state index in [1.165, 1.54) is 12.1 Å². The highest BCUT2D eigenvalue weighted by atomic mass is 35.5. The van der Waals surface area contributed by atoms with Gasteiger partial charge in [-0.3, -0.25) is 15.1 Å². The van der Waals surface area contributed by atoms with Crippen molar-refractivity contribution in [2.24, 2.45) is 4.99 Å². The van der Waals surface area contributed by atoms with Crippen LogP contribution in [0.1, 0.15) is 11.1 Å². The highest BCUT2D eigenvalue weighted by Gasteiger charge is 2.12. The van der Waals surface area contributed by atoms with E-state index in [1.54, 1.807) is 12.3 Å². The second kappa shape index (κ2) is 8.27. The lowest BCUT2D eigenvalue weighted by Gasteiger charge is -2.06. The van der Waals surface area contributed by atoms with Crippen LogP contribution in [0.3, 0.4) is 0 Å². The molecule has 0 saturated carbocycles. The average molecular weight is 367 g/mol. The van der Waals surface area contributed by atoms with Gasteiger partial charge < -0.3 is 4.74 Å². The minimum absolute atomic E-state index is 0.0915. The van der Waals surface area contributed by atoms with Gasteiger partial charge in [-0.1, -0.05) is 41.9 Å². The zero-order valence-electron chi connectivity index (χ0n) is 13.7. The van der Waals surface area contributed by atoms with Crippen molar-refractivity contribution in [1.29, 1.82) is 0 Å². The summed E-state index contributed by atoms with van der Waals surface area (Å²) in [5, 5.41) is 11.0. The maximum absolute atomic E-state index is 10.9. The third kappa shape index (κ3) is 4.68. The maximum Gasteiger partial charge on any atom is 0.290 e. The summed E-state index contributed by atoms with van der Waals surface area (Å²) in [6, 6.07) is 21.8. The molecule has 0 aliphatic carbocycles. The number of nitro benzene ring substituents is 1. The summed E-state index contributed by atoms with van der Waals surface area (Å²) >= 11 is 5.79. The third-order valence-electron chi connectivity index (χ3n) is 3.62. The Hall–Kier alpha value is -3.18. The summed E-state index contributed by atoms with van der Waals surface area (Å²) in [6.45, 7) is 0.503. The lowest BCUT2D eigenvalue weighted by molar-refractivity contribution is -0.384. The zero-order valence-corrected chi connectivity index (χ0v) is 14.5. The SMILES string of the molecule is O=[N+]([O-])c1cc(N=Cc2ccc(OCc3ccccc3)cc2)ccc1Cl. The van der Waals surface area contributed by atoms with Gasteiger partial charge >= 0.3 is 0 Å². The van der Waals surface area contributed by atoms with Crippen LogP contribution in [0, 0.1) is 10.1 Å². The van der Waals surface area contributed by atoms with Gasteiger partial charge in [0.25, 0.3) is 5.69 Å². The molecule has 0 atom stereocenters. The Balaban J connectivity index is 1.64. The topological polar surface area (TPSA) is 64.7 Å². The summed E-state index contributed by atoms with van der Waals surface area (Å²) in [6.07, 6.45) is 1.63. The predicted octanol–water partition coefficient (Wildman–Crippen LogP) is 5.58. The van der Waals surface area contributed by atoms with Gasteiger partial charge in [-0.25, -0.2) is 0 Å². The molecule has 0 aliphatic heterocycles. The van der Waals surface area contributed by atoms with Crippen molar-refractivity contribution in [2.75, 3.05) is 0 Å². The minimum atomic E-state index is -0.528. The highest BCUT2D eigenvalue weighted by molar-refractivity contribution is 6.32. The van der Waals surface area contributed by atoms with Crippen LogP contribution < -0.4 is 4.74 Å². The molecule has 5 nitrogen and oxygen atoms in total. The summed E-state index contributed by atoms with van der Waals surface area (Å²) in [7, 11) is 0. The number of hydrogen-bond acceptors (Lipinski definition) is 4. The van der Waals surface area contributed by atoms with Gasteiger partial charge in [0, 0.05) is 12.3 Å². The lowest BCUT2D eigenvalue weighted by Crippen LogP contribution is -1.95. The molecule has 0 bridgehead atoms. The number of ether oxygens (including phenoxy) is 1. The van der Waals surface area contributed by atoms with E-state index in [2.05, 4.69) is 4.99 Å². The van der Waals surface area contributed by atoms with Crippen molar-refractivity contribution in [1.82, 2.24) is 0 Å². The first-order chi connectivity index (χ1) is 12.6. The molecule has 0 saturated heterocycles. The Morgan fingerprint density at radius 3 is 2.46 bits per heavy atom. The molecule has 0 unspecified atom stereocenters. The smallest absolute Gasteiger partial charge is 0.290 e. The van der Waals surface area contributed by atoms with Crippen LogP contribution in [0.2, 0.25) is 5.02 Å². The number of rotatable bonds is 6. The first-order valence-corrected chi connectivity index (χ1v) is 8.24. The Morgan fingerprint density at radius 1 is 1.04 bits per heavy atom. The van der Waals surface area contributed by atoms with Gasteiger partial charge in [-0.15, -0.1) is 0 Å². The van der Waals surface area contributed by atoms with Crippen LogP contribution in [0.4, 0.5) is 11.4 Å². The normalized spacial score (nSPS) is 10.8. The molecule has 0 heterocycles. The van der Waals surface area contributed by atoms with Gasteiger partial charge in [-0.2, -0.15) is 0 Å². The third-order valence-corrected chi connectivity index (χ3v) is 3.94. The minimum Gasteiger partial charge on any atom is -0.489 e. The van der Waals surface area contributed by atoms with E-state index in [0.717, 1.165) is 16.9 Å². The number of benzene rings is 3. The molecular formula is C20H15ClN2O3. The fourth-order valence-corrected chi connectivity index (χ4v) is 2.45. The Kier molecular flexibility index (Phi) is 5.61. The molecule has 0 radical (unpaired) electrons. The summed E-state index contributed by atoms with van der Waals surface area (Å²) in [5.41, 5.74) is 2.26. The number of halogens is 1. The van der Waals surface area contributed by atoms with Gasteiger partial charge in [0.1, 0.15) is 17.4 Å². The second-order valence-corrected chi connectivity index (χ2v) is 5.90. The number of hydrogen-bond donors (Lipinski definition) is 0. The standard InChI is InChI=1S/C20H15ClN2O3/c21-19-11-8-17(12-20(19)23(24)25)22-13-15-6-9-18(10-7-15)26-14-16-4-2-1-3-5-16/h1-13H,14H2. The van der Waals surface area contributed by atoms with Crippen molar-refractivity contribution >= 4 is 29.2 Å². The van der Waals surface area contributed by atoms with E-state index in [0.29, 0.717) is 12.3 Å². The molecule has 0 amide bonds. The van der Waals surface area contributed by atoms with Crippen molar-refractivity contribution < 1.29 is 9.66 Å². The van der Waals surface area contributed by atoms with Gasteiger partial charge in [0.2, 0.25) is 0 Å². The Morgan fingerprint density at radius 2 is 1.77 bits per heavy atom. The molecule has 0 spiro atoms. The van der Waals surface area contributed by atoms with Crippen LogP contribution >= 0.6 is 11.6 Å². The molecular weight excluding hydrogens is 352 g/mol. The summed E-state index contributed by atoms with van der Waals surface area (Å²) in [4.78, 5) is 14.6.